The first-order valence-electron chi connectivity index (χ1n) is 8.02. The summed E-state index contributed by atoms with van der Waals surface area (Å²) in [6.07, 6.45) is 8.64. The molecule has 126 valence electrons. The summed E-state index contributed by atoms with van der Waals surface area (Å²) >= 11 is 1.11. The molecular weight excluding hydrogens is 314 g/mol. The molecule has 3 heterocycles. The molecule has 0 aliphatic carbocycles. The van der Waals surface area contributed by atoms with Crippen LogP contribution in [0.2, 0.25) is 0 Å². The number of nitrogens with zero attached hydrogens (tertiary/aromatic N) is 5. The average Bonchev–Trinajstić information content (AvgIpc) is 3.17. The lowest BCUT2D eigenvalue weighted by Crippen LogP contribution is -2.28. The zero-order valence-corrected chi connectivity index (χ0v) is 14.0. The maximum Gasteiger partial charge on any atom is 0.184 e. The molecule has 2 aromatic heterocycles. The average molecular weight is 337 g/mol. The number of nitrogen functional groups attached to an aromatic ring is 1. The number of rotatable bonds is 8. The second-order valence-corrected chi connectivity index (χ2v) is 6.23. The first-order chi connectivity index (χ1) is 11.3. The molecule has 23 heavy (non-hydrogen) atoms. The Kier molecular flexibility index (Phi) is 5.65. The number of piperidine rings is 1. The van der Waals surface area contributed by atoms with Gasteiger partial charge in [0.2, 0.25) is 0 Å². The largest absolute Gasteiger partial charge is 0.397 e. The van der Waals surface area contributed by atoms with Crippen molar-refractivity contribution in [2.45, 2.75) is 32.2 Å². The van der Waals surface area contributed by atoms with Gasteiger partial charge in [-0.25, -0.2) is 0 Å². The standard InChI is InChI=1S/C14H23N7OS/c15-13-14(19-23-18-13)16-5-4-8-22-21-11-12(9-17-21)10-20-6-2-1-3-7-20/h9,11H,1-8,10H2,(H2,15,18)(H,16,19). The van der Waals surface area contributed by atoms with Crippen LogP contribution in [0.1, 0.15) is 31.2 Å². The molecular formula is C14H23N7OS. The predicted octanol–water partition coefficient (Wildman–Crippen LogP) is 1.23. The van der Waals surface area contributed by atoms with Crippen LogP contribution >= 0.6 is 11.7 Å². The van der Waals surface area contributed by atoms with Crippen LogP contribution in [-0.4, -0.2) is 49.8 Å². The van der Waals surface area contributed by atoms with Gasteiger partial charge in [-0.15, -0.1) is 9.94 Å². The van der Waals surface area contributed by atoms with E-state index >= 15 is 0 Å². The number of anilines is 2. The van der Waals surface area contributed by atoms with Crippen LogP contribution in [0.25, 0.3) is 0 Å². The van der Waals surface area contributed by atoms with Crippen LogP contribution in [0, 0.1) is 0 Å². The highest BCUT2D eigenvalue weighted by Gasteiger charge is 2.11. The fourth-order valence-corrected chi connectivity index (χ4v) is 3.08. The summed E-state index contributed by atoms with van der Waals surface area (Å²) < 4.78 is 7.97. The van der Waals surface area contributed by atoms with Crippen molar-refractivity contribution in [1.29, 1.82) is 0 Å². The van der Waals surface area contributed by atoms with Gasteiger partial charge in [0, 0.05) is 25.1 Å². The summed E-state index contributed by atoms with van der Waals surface area (Å²) in [7, 11) is 0. The minimum atomic E-state index is 0.449. The van der Waals surface area contributed by atoms with E-state index in [1.165, 1.54) is 37.9 Å². The van der Waals surface area contributed by atoms with Crippen LogP contribution in [-0.2, 0) is 6.54 Å². The van der Waals surface area contributed by atoms with Crippen molar-refractivity contribution in [3.05, 3.63) is 18.0 Å². The third-order valence-corrected chi connectivity index (χ3v) is 4.36. The van der Waals surface area contributed by atoms with Crippen LogP contribution in [0.15, 0.2) is 12.4 Å². The van der Waals surface area contributed by atoms with Gasteiger partial charge in [0.05, 0.1) is 24.1 Å². The molecule has 1 aliphatic heterocycles. The second-order valence-electron chi connectivity index (χ2n) is 5.70. The van der Waals surface area contributed by atoms with E-state index in [-0.39, 0.29) is 0 Å². The Labute approximate surface area is 139 Å². The minimum Gasteiger partial charge on any atom is -0.397 e. The van der Waals surface area contributed by atoms with Crippen molar-refractivity contribution in [3.63, 3.8) is 0 Å². The van der Waals surface area contributed by atoms with E-state index in [9.17, 15) is 0 Å². The Bertz CT molecular complexity index is 593. The number of aromatic nitrogens is 4. The van der Waals surface area contributed by atoms with Crippen molar-refractivity contribution in [2.75, 3.05) is 37.3 Å². The molecule has 2 aromatic rings. The molecule has 0 saturated carbocycles. The van der Waals surface area contributed by atoms with Gasteiger partial charge < -0.3 is 15.9 Å². The van der Waals surface area contributed by atoms with Gasteiger partial charge in [0.1, 0.15) is 6.61 Å². The number of likely N-dealkylation sites (tertiary alicyclic amines) is 1. The molecule has 1 saturated heterocycles. The molecule has 3 rings (SSSR count). The monoisotopic (exact) mass is 337 g/mol. The number of hydrogen-bond donors (Lipinski definition) is 2. The maximum absolute atomic E-state index is 5.65. The lowest BCUT2D eigenvalue weighted by molar-refractivity contribution is 0.0818. The van der Waals surface area contributed by atoms with Gasteiger partial charge >= 0.3 is 0 Å². The fourth-order valence-electron chi connectivity index (χ4n) is 2.62. The minimum absolute atomic E-state index is 0.449. The zero-order chi connectivity index (χ0) is 15.9. The number of nitrogens with one attached hydrogen (secondary N) is 1. The highest BCUT2D eigenvalue weighted by molar-refractivity contribution is 6.99. The quantitative estimate of drug-likeness (QED) is 0.700. The van der Waals surface area contributed by atoms with Gasteiger partial charge in [0.25, 0.3) is 0 Å². The Morgan fingerprint density at radius 1 is 1.26 bits per heavy atom. The summed E-state index contributed by atoms with van der Waals surface area (Å²) in [4.78, 5) is 9.63. The SMILES string of the molecule is Nc1nsnc1NCCCOn1cc(CN2CCCCC2)cn1. The molecule has 0 radical (unpaired) electrons. The van der Waals surface area contributed by atoms with Crippen LogP contribution in [0.4, 0.5) is 11.6 Å². The van der Waals surface area contributed by atoms with Crippen molar-refractivity contribution >= 4 is 23.4 Å². The summed E-state index contributed by atoms with van der Waals surface area (Å²) in [5.74, 6) is 1.10. The Balaban J connectivity index is 1.33. The van der Waals surface area contributed by atoms with Gasteiger partial charge in [-0.05, 0) is 25.9 Å². The van der Waals surface area contributed by atoms with Crippen molar-refractivity contribution < 1.29 is 4.84 Å². The molecule has 8 nitrogen and oxygen atoms in total. The van der Waals surface area contributed by atoms with E-state index in [0.717, 1.165) is 31.2 Å². The first-order valence-corrected chi connectivity index (χ1v) is 8.75. The first kappa shape index (κ1) is 16.0. The summed E-state index contributed by atoms with van der Waals surface area (Å²) in [5.41, 5.74) is 6.85. The molecule has 0 bridgehead atoms. The van der Waals surface area contributed by atoms with E-state index in [2.05, 4.69) is 24.1 Å². The number of nitrogens with two attached hydrogens (primary N) is 1. The lowest BCUT2D eigenvalue weighted by atomic mass is 10.1. The summed E-state index contributed by atoms with van der Waals surface area (Å²) in [6.45, 7) is 4.65. The normalized spacial score (nSPS) is 15.7. The van der Waals surface area contributed by atoms with E-state index < -0.39 is 0 Å². The molecule has 0 aromatic carbocycles. The summed E-state index contributed by atoms with van der Waals surface area (Å²) in [5, 5.41) is 7.38. The van der Waals surface area contributed by atoms with E-state index in [1.54, 1.807) is 4.85 Å². The molecule has 1 aliphatic rings. The third kappa shape index (κ3) is 4.80. The van der Waals surface area contributed by atoms with Gasteiger partial charge in [-0.2, -0.15) is 8.75 Å². The van der Waals surface area contributed by atoms with Crippen LogP contribution in [0.3, 0.4) is 0 Å². The zero-order valence-electron chi connectivity index (χ0n) is 13.1. The molecule has 0 amide bonds. The highest BCUT2D eigenvalue weighted by Crippen LogP contribution is 2.13. The van der Waals surface area contributed by atoms with E-state index in [1.807, 2.05) is 12.4 Å². The molecule has 0 unspecified atom stereocenters. The maximum atomic E-state index is 5.65. The smallest absolute Gasteiger partial charge is 0.184 e. The van der Waals surface area contributed by atoms with Crippen molar-refractivity contribution in [1.82, 2.24) is 23.6 Å². The lowest BCUT2D eigenvalue weighted by Gasteiger charge is -2.25. The topological polar surface area (TPSA) is 94.1 Å². The van der Waals surface area contributed by atoms with Crippen LogP contribution in [0.5, 0.6) is 0 Å². The van der Waals surface area contributed by atoms with Gasteiger partial charge in [-0.3, -0.25) is 4.90 Å². The van der Waals surface area contributed by atoms with E-state index in [4.69, 9.17) is 10.6 Å². The molecule has 3 N–H and O–H groups in total. The fraction of sp³-hybridized carbons (Fsp3) is 0.643. The molecule has 0 atom stereocenters. The molecule has 0 spiro atoms. The number of hydrogen-bond acceptors (Lipinski definition) is 8. The second kappa shape index (κ2) is 8.11. The summed E-state index contributed by atoms with van der Waals surface area (Å²) in [6, 6.07) is 0. The van der Waals surface area contributed by atoms with Crippen LogP contribution < -0.4 is 15.9 Å². The Morgan fingerprint density at radius 2 is 2.13 bits per heavy atom. The van der Waals surface area contributed by atoms with E-state index in [0.29, 0.717) is 18.2 Å². The van der Waals surface area contributed by atoms with Gasteiger partial charge in [0.15, 0.2) is 11.6 Å². The van der Waals surface area contributed by atoms with Crippen molar-refractivity contribution in [3.8, 4) is 0 Å². The predicted molar refractivity (Wildman–Crippen MR) is 90.2 cm³/mol. The van der Waals surface area contributed by atoms with Gasteiger partial charge in [-0.1, -0.05) is 6.42 Å². The molecule has 1 fully saturated rings. The Morgan fingerprint density at radius 3 is 2.91 bits per heavy atom. The Hall–Kier alpha value is -1.87. The highest BCUT2D eigenvalue weighted by atomic mass is 32.1. The third-order valence-electron chi connectivity index (χ3n) is 3.82. The molecule has 9 heteroatoms. The van der Waals surface area contributed by atoms with Crippen molar-refractivity contribution in [2.24, 2.45) is 0 Å².